The minimum absolute atomic E-state index is 0.0415. The third-order valence-electron chi connectivity index (χ3n) is 4.21. The molecule has 0 N–H and O–H groups in total. The number of halogens is 1. The summed E-state index contributed by atoms with van der Waals surface area (Å²) in [6.45, 7) is 4.39. The lowest BCUT2D eigenvalue weighted by molar-refractivity contribution is 0.0606. The van der Waals surface area contributed by atoms with Crippen molar-refractivity contribution in [3.05, 3.63) is 37.2 Å². The smallest absolute Gasteiger partial charge is 0.348 e. The van der Waals surface area contributed by atoms with Crippen molar-refractivity contribution < 1.29 is 14.3 Å². The average Bonchev–Trinajstić information content (AvgIpc) is 3.27. The second-order valence-electron chi connectivity index (χ2n) is 5.94. The highest BCUT2D eigenvalue weighted by Crippen LogP contribution is 2.44. The number of Topliss-reactive ketones (excluding diaryl/α,β-unsaturated/α-hetero) is 1. The van der Waals surface area contributed by atoms with Crippen molar-refractivity contribution in [3.8, 4) is 0 Å². The summed E-state index contributed by atoms with van der Waals surface area (Å²) in [4.78, 5) is 25.5. The Kier molecular flexibility index (Phi) is 4.92. The number of nitrogens with zero attached hydrogens (tertiary/aromatic N) is 2. The standard InChI is InChI=1S/C17H19BrN2O3S/c1-4-12(21)15-14(18)16(10-5-6-10)20(19-15)8-11-7-13(17(22)23-3)24-9(11)2/h7,10H,4-6,8H2,1-3H3. The zero-order valence-electron chi connectivity index (χ0n) is 13.9. The number of hydrogen-bond acceptors (Lipinski definition) is 5. The summed E-state index contributed by atoms with van der Waals surface area (Å²) in [5.41, 5.74) is 2.64. The maximum atomic E-state index is 12.1. The second kappa shape index (κ2) is 6.80. The van der Waals surface area contributed by atoms with E-state index in [2.05, 4.69) is 21.0 Å². The molecule has 128 valence electrons. The van der Waals surface area contributed by atoms with Crippen LogP contribution in [0.3, 0.4) is 0 Å². The van der Waals surface area contributed by atoms with Crippen LogP contribution in [-0.2, 0) is 11.3 Å². The van der Waals surface area contributed by atoms with E-state index in [0.717, 1.165) is 33.4 Å². The summed E-state index contributed by atoms with van der Waals surface area (Å²) in [5.74, 6) is 0.185. The van der Waals surface area contributed by atoms with E-state index in [0.29, 0.717) is 29.5 Å². The van der Waals surface area contributed by atoms with Gasteiger partial charge in [0.2, 0.25) is 0 Å². The Morgan fingerprint density at radius 2 is 2.17 bits per heavy atom. The molecule has 3 rings (SSSR count). The number of methoxy groups -OCH3 is 1. The van der Waals surface area contributed by atoms with Crippen LogP contribution in [0.15, 0.2) is 10.5 Å². The minimum atomic E-state index is -0.319. The Hall–Kier alpha value is -1.47. The SMILES string of the molecule is CCC(=O)c1nn(Cc2cc(C(=O)OC)sc2C)c(C2CC2)c1Br. The van der Waals surface area contributed by atoms with Crippen molar-refractivity contribution in [3.63, 3.8) is 0 Å². The van der Waals surface area contributed by atoms with Gasteiger partial charge in [0, 0.05) is 17.2 Å². The third kappa shape index (κ3) is 3.19. The average molecular weight is 411 g/mol. The Bertz CT molecular complexity index is 805. The molecule has 0 amide bonds. The molecule has 0 unspecified atom stereocenters. The maximum Gasteiger partial charge on any atom is 0.348 e. The molecule has 0 spiro atoms. The summed E-state index contributed by atoms with van der Waals surface area (Å²) in [6.07, 6.45) is 2.68. The molecular formula is C17H19BrN2O3S. The molecule has 1 fully saturated rings. The highest BCUT2D eigenvalue weighted by molar-refractivity contribution is 9.10. The molecule has 2 aromatic heterocycles. The number of aryl methyl sites for hydroxylation is 1. The van der Waals surface area contributed by atoms with Crippen LogP contribution in [0, 0.1) is 6.92 Å². The highest BCUT2D eigenvalue weighted by Gasteiger charge is 2.33. The molecule has 0 aromatic carbocycles. The number of carbonyl (C=O) groups excluding carboxylic acids is 2. The van der Waals surface area contributed by atoms with E-state index in [1.807, 2.05) is 24.6 Å². The van der Waals surface area contributed by atoms with E-state index in [1.165, 1.54) is 18.4 Å². The topological polar surface area (TPSA) is 61.2 Å². The van der Waals surface area contributed by atoms with E-state index in [4.69, 9.17) is 4.74 Å². The first-order valence-electron chi connectivity index (χ1n) is 7.93. The van der Waals surface area contributed by atoms with Gasteiger partial charge in [-0.2, -0.15) is 5.10 Å². The Morgan fingerprint density at radius 1 is 1.46 bits per heavy atom. The van der Waals surface area contributed by atoms with Crippen molar-refractivity contribution in [1.82, 2.24) is 9.78 Å². The van der Waals surface area contributed by atoms with Gasteiger partial charge < -0.3 is 4.74 Å². The number of thiophene rings is 1. The largest absolute Gasteiger partial charge is 0.465 e. The van der Waals surface area contributed by atoms with E-state index in [-0.39, 0.29) is 11.8 Å². The normalized spacial score (nSPS) is 14.0. The number of rotatable bonds is 6. The van der Waals surface area contributed by atoms with Gasteiger partial charge in [0.05, 0.1) is 23.8 Å². The molecule has 5 nitrogen and oxygen atoms in total. The van der Waals surface area contributed by atoms with Crippen molar-refractivity contribution >= 4 is 39.0 Å². The number of hydrogen-bond donors (Lipinski definition) is 0. The fraction of sp³-hybridized carbons (Fsp3) is 0.471. The number of ketones is 1. The number of esters is 1. The van der Waals surface area contributed by atoms with Gasteiger partial charge in [-0.15, -0.1) is 11.3 Å². The Morgan fingerprint density at radius 3 is 2.75 bits per heavy atom. The van der Waals surface area contributed by atoms with Gasteiger partial charge in [-0.25, -0.2) is 4.79 Å². The predicted octanol–water partition coefficient (Wildman–Crippen LogP) is 4.32. The summed E-state index contributed by atoms with van der Waals surface area (Å²) < 4.78 is 7.54. The van der Waals surface area contributed by atoms with Gasteiger partial charge in [-0.1, -0.05) is 6.92 Å². The van der Waals surface area contributed by atoms with Crippen LogP contribution >= 0.6 is 27.3 Å². The number of carbonyl (C=O) groups is 2. The Balaban J connectivity index is 1.97. The van der Waals surface area contributed by atoms with Crippen molar-refractivity contribution in [2.24, 2.45) is 0 Å². The molecule has 1 saturated carbocycles. The van der Waals surface area contributed by atoms with Crippen LogP contribution in [0.1, 0.15) is 68.4 Å². The molecule has 0 aliphatic heterocycles. The van der Waals surface area contributed by atoms with Crippen molar-refractivity contribution in [2.45, 2.75) is 45.6 Å². The van der Waals surface area contributed by atoms with Gasteiger partial charge in [0.25, 0.3) is 0 Å². The molecule has 0 saturated heterocycles. The minimum Gasteiger partial charge on any atom is -0.465 e. The number of ether oxygens (including phenoxy) is 1. The molecule has 24 heavy (non-hydrogen) atoms. The van der Waals surface area contributed by atoms with Crippen LogP contribution in [0.4, 0.5) is 0 Å². The molecule has 0 bridgehead atoms. The summed E-state index contributed by atoms with van der Waals surface area (Å²) >= 11 is 5.00. The highest BCUT2D eigenvalue weighted by atomic mass is 79.9. The summed E-state index contributed by atoms with van der Waals surface area (Å²) in [6, 6.07) is 1.86. The Labute approximate surface area is 153 Å². The first-order valence-corrected chi connectivity index (χ1v) is 9.54. The lowest BCUT2D eigenvalue weighted by Crippen LogP contribution is -2.07. The molecule has 1 aliphatic rings. The van der Waals surface area contributed by atoms with Crippen LogP contribution < -0.4 is 0 Å². The molecule has 2 aromatic rings. The fourth-order valence-corrected chi connectivity index (χ4v) is 4.49. The van der Waals surface area contributed by atoms with Gasteiger partial charge in [0.1, 0.15) is 10.6 Å². The third-order valence-corrected chi connectivity index (χ3v) is 6.06. The van der Waals surface area contributed by atoms with Gasteiger partial charge in [-0.05, 0) is 47.3 Å². The quantitative estimate of drug-likeness (QED) is 0.525. The van der Waals surface area contributed by atoms with Crippen LogP contribution in [-0.4, -0.2) is 28.6 Å². The molecule has 0 radical (unpaired) electrons. The number of aromatic nitrogens is 2. The summed E-state index contributed by atoms with van der Waals surface area (Å²) in [5, 5.41) is 4.56. The monoisotopic (exact) mass is 410 g/mol. The van der Waals surface area contributed by atoms with E-state index in [1.54, 1.807) is 0 Å². The van der Waals surface area contributed by atoms with Gasteiger partial charge in [0.15, 0.2) is 5.78 Å². The molecular weight excluding hydrogens is 392 g/mol. The molecule has 2 heterocycles. The van der Waals surface area contributed by atoms with Gasteiger partial charge in [-0.3, -0.25) is 9.48 Å². The zero-order valence-corrected chi connectivity index (χ0v) is 16.3. The molecule has 0 atom stereocenters. The van der Waals surface area contributed by atoms with Crippen LogP contribution in [0.2, 0.25) is 0 Å². The first-order chi connectivity index (χ1) is 11.5. The fourth-order valence-electron chi connectivity index (χ4n) is 2.71. The van der Waals surface area contributed by atoms with Crippen LogP contribution in [0.5, 0.6) is 0 Å². The second-order valence-corrected chi connectivity index (χ2v) is 7.99. The van der Waals surface area contributed by atoms with Gasteiger partial charge >= 0.3 is 5.97 Å². The molecule has 1 aliphatic carbocycles. The van der Waals surface area contributed by atoms with E-state index >= 15 is 0 Å². The van der Waals surface area contributed by atoms with Crippen LogP contribution in [0.25, 0.3) is 0 Å². The van der Waals surface area contributed by atoms with E-state index < -0.39 is 0 Å². The van der Waals surface area contributed by atoms with Crippen molar-refractivity contribution in [1.29, 1.82) is 0 Å². The lowest BCUT2D eigenvalue weighted by atomic mass is 10.2. The molecule has 7 heteroatoms. The van der Waals surface area contributed by atoms with E-state index in [9.17, 15) is 9.59 Å². The maximum absolute atomic E-state index is 12.1. The summed E-state index contributed by atoms with van der Waals surface area (Å²) in [7, 11) is 1.38. The lowest BCUT2D eigenvalue weighted by Gasteiger charge is -2.06. The first kappa shape index (κ1) is 17.4. The predicted molar refractivity (Wildman–Crippen MR) is 96.0 cm³/mol. The zero-order chi connectivity index (χ0) is 17.4. The van der Waals surface area contributed by atoms with Crippen molar-refractivity contribution in [2.75, 3.05) is 7.11 Å².